The molecule has 0 amide bonds. The Labute approximate surface area is 97.7 Å². The molecule has 1 aromatic heterocycles. The molecule has 1 heterocycles. The van der Waals surface area contributed by atoms with Crippen molar-refractivity contribution in [3.05, 3.63) is 12.7 Å². The molecule has 1 saturated carbocycles. The van der Waals surface area contributed by atoms with Crippen molar-refractivity contribution in [3.63, 3.8) is 0 Å². The minimum absolute atomic E-state index is 0.573. The lowest BCUT2D eigenvalue weighted by Gasteiger charge is -2.39. The largest absolute Gasteiger partial charge is 0.315 e. The molecule has 2 rings (SSSR count). The average molecular weight is 222 g/mol. The smallest absolute Gasteiger partial charge is 0.119 e. The third-order valence-corrected chi connectivity index (χ3v) is 3.79. The highest BCUT2D eigenvalue weighted by molar-refractivity contribution is 4.88. The number of nitrogens with zero attached hydrogens (tertiary/aromatic N) is 4. The maximum atomic E-state index is 3.94. The van der Waals surface area contributed by atoms with Crippen molar-refractivity contribution in [1.29, 1.82) is 0 Å². The van der Waals surface area contributed by atoms with Gasteiger partial charge in [-0.25, -0.2) is 0 Å². The summed E-state index contributed by atoms with van der Waals surface area (Å²) in [7, 11) is 0. The minimum atomic E-state index is 0.573. The van der Waals surface area contributed by atoms with Crippen molar-refractivity contribution in [3.8, 4) is 0 Å². The van der Waals surface area contributed by atoms with Gasteiger partial charge in [-0.05, 0) is 25.9 Å². The van der Waals surface area contributed by atoms with Gasteiger partial charge in [-0.15, -0.1) is 10.2 Å². The SMILES string of the molecule is CCN(CC)[C@@H]1CCCC[C@H]1n1cnnc1. The maximum Gasteiger partial charge on any atom is 0.119 e. The van der Waals surface area contributed by atoms with Crippen molar-refractivity contribution < 1.29 is 0 Å². The van der Waals surface area contributed by atoms with Crippen LogP contribution in [0.1, 0.15) is 45.6 Å². The fourth-order valence-electron chi connectivity index (χ4n) is 2.94. The summed E-state index contributed by atoms with van der Waals surface area (Å²) in [6, 6.07) is 1.24. The number of hydrogen-bond donors (Lipinski definition) is 0. The lowest BCUT2D eigenvalue weighted by Crippen LogP contribution is -2.43. The van der Waals surface area contributed by atoms with Crippen molar-refractivity contribution in [2.24, 2.45) is 0 Å². The van der Waals surface area contributed by atoms with E-state index in [-0.39, 0.29) is 0 Å². The zero-order valence-electron chi connectivity index (χ0n) is 10.3. The Hall–Kier alpha value is -0.900. The molecule has 1 aromatic rings. The molecule has 90 valence electrons. The van der Waals surface area contributed by atoms with Crippen LogP contribution in [0.2, 0.25) is 0 Å². The molecule has 0 N–H and O–H groups in total. The van der Waals surface area contributed by atoms with E-state index in [0.29, 0.717) is 12.1 Å². The molecular formula is C12H22N4. The zero-order valence-corrected chi connectivity index (χ0v) is 10.3. The van der Waals surface area contributed by atoms with Gasteiger partial charge in [-0.3, -0.25) is 4.90 Å². The summed E-state index contributed by atoms with van der Waals surface area (Å²) in [5, 5.41) is 7.87. The van der Waals surface area contributed by atoms with Gasteiger partial charge in [-0.1, -0.05) is 26.7 Å². The molecule has 0 saturated heterocycles. The lowest BCUT2D eigenvalue weighted by atomic mass is 9.89. The second kappa shape index (κ2) is 5.43. The van der Waals surface area contributed by atoms with E-state index < -0.39 is 0 Å². The molecule has 4 nitrogen and oxygen atoms in total. The highest BCUT2D eigenvalue weighted by Gasteiger charge is 2.29. The second-order valence-electron chi connectivity index (χ2n) is 4.55. The van der Waals surface area contributed by atoms with Gasteiger partial charge in [0.05, 0.1) is 6.04 Å². The highest BCUT2D eigenvalue weighted by Crippen LogP contribution is 2.31. The van der Waals surface area contributed by atoms with E-state index in [1.165, 1.54) is 25.7 Å². The minimum Gasteiger partial charge on any atom is -0.315 e. The second-order valence-corrected chi connectivity index (χ2v) is 4.55. The molecule has 0 spiro atoms. The van der Waals surface area contributed by atoms with Crippen LogP contribution in [0, 0.1) is 0 Å². The first-order valence-electron chi connectivity index (χ1n) is 6.45. The van der Waals surface area contributed by atoms with E-state index in [1.54, 1.807) is 0 Å². The molecule has 0 aromatic carbocycles. The van der Waals surface area contributed by atoms with E-state index >= 15 is 0 Å². The number of likely N-dealkylation sites (N-methyl/N-ethyl adjacent to an activating group) is 1. The van der Waals surface area contributed by atoms with Gasteiger partial charge in [0, 0.05) is 6.04 Å². The summed E-state index contributed by atoms with van der Waals surface area (Å²) in [5.74, 6) is 0. The molecule has 4 heteroatoms. The Balaban J connectivity index is 2.13. The van der Waals surface area contributed by atoms with Crippen LogP contribution in [0.15, 0.2) is 12.7 Å². The molecule has 2 atom stereocenters. The zero-order chi connectivity index (χ0) is 11.4. The van der Waals surface area contributed by atoms with Crippen LogP contribution in [0.5, 0.6) is 0 Å². The van der Waals surface area contributed by atoms with Crippen LogP contribution in [0.4, 0.5) is 0 Å². The molecular weight excluding hydrogens is 200 g/mol. The van der Waals surface area contributed by atoms with Crippen molar-refractivity contribution in [1.82, 2.24) is 19.7 Å². The summed E-state index contributed by atoms with van der Waals surface area (Å²) in [5.41, 5.74) is 0. The van der Waals surface area contributed by atoms with E-state index in [4.69, 9.17) is 0 Å². The Morgan fingerprint density at radius 1 is 1.12 bits per heavy atom. The van der Waals surface area contributed by atoms with Gasteiger partial charge in [-0.2, -0.15) is 0 Å². The molecule has 0 unspecified atom stereocenters. The summed E-state index contributed by atoms with van der Waals surface area (Å²) in [6.07, 6.45) is 9.00. The highest BCUT2D eigenvalue weighted by atomic mass is 15.3. The molecule has 0 radical (unpaired) electrons. The van der Waals surface area contributed by atoms with Gasteiger partial charge < -0.3 is 4.57 Å². The van der Waals surface area contributed by atoms with Gasteiger partial charge in [0.15, 0.2) is 0 Å². The van der Waals surface area contributed by atoms with Crippen LogP contribution in [-0.4, -0.2) is 38.8 Å². The van der Waals surface area contributed by atoms with Crippen LogP contribution >= 0.6 is 0 Å². The number of hydrogen-bond acceptors (Lipinski definition) is 3. The van der Waals surface area contributed by atoms with E-state index in [0.717, 1.165) is 13.1 Å². The van der Waals surface area contributed by atoms with E-state index in [9.17, 15) is 0 Å². The summed E-state index contributed by atoms with van der Waals surface area (Å²) >= 11 is 0. The quantitative estimate of drug-likeness (QED) is 0.782. The third kappa shape index (κ3) is 2.26. The third-order valence-electron chi connectivity index (χ3n) is 3.79. The van der Waals surface area contributed by atoms with Crippen LogP contribution in [0.25, 0.3) is 0 Å². The standard InChI is InChI=1S/C12H22N4/c1-3-15(4-2)11-7-5-6-8-12(11)16-9-13-14-10-16/h9-12H,3-8H2,1-2H3/t11-,12-/m1/s1. The fourth-order valence-corrected chi connectivity index (χ4v) is 2.94. The van der Waals surface area contributed by atoms with Crippen molar-refractivity contribution in [2.75, 3.05) is 13.1 Å². The van der Waals surface area contributed by atoms with E-state index in [2.05, 4.69) is 33.5 Å². The Bertz CT molecular complexity index is 292. The van der Waals surface area contributed by atoms with Crippen LogP contribution in [-0.2, 0) is 0 Å². The normalized spacial score (nSPS) is 26.2. The monoisotopic (exact) mass is 222 g/mol. The van der Waals surface area contributed by atoms with Gasteiger partial charge in [0.2, 0.25) is 0 Å². The van der Waals surface area contributed by atoms with Gasteiger partial charge in [0.25, 0.3) is 0 Å². The predicted octanol–water partition coefficient (Wildman–Crippen LogP) is 2.10. The maximum absolute atomic E-state index is 3.94. The van der Waals surface area contributed by atoms with Crippen LogP contribution < -0.4 is 0 Å². The number of aromatic nitrogens is 3. The summed E-state index contributed by atoms with van der Waals surface area (Å²) < 4.78 is 2.20. The van der Waals surface area contributed by atoms with Gasteiger partial charge in [0.1, 0.15) is 12.7 Å². The molecule has 1 aliphatic carbocycles. The topological polar surface area (TPSA) is 34.0 Å². The fraction of sp³-hybridized carbons (Fsp3) is 0.833. The number of rotatable bonds is 4. The van der Waals surface area contributed by atoms with Gasteiger partial charge >= 0.3 is 0 Å². The first-order valence-corrected chi connectivity index (χ1v) is 6.45. The Morgan fingerprint density at radius 2 is 1.75 bits per heavy atom. The Morgan fingerprint density at radius 3 is 2.38 bits per heavy atom. The Kier molecular flexibility index (Phi) is 3.93. The van der Waals surface area contributed by atoms with E-state index in [1.807, 2.05) is 12.7 Å². The summed E-state index contributed by atoms with van der Waals surface area (Å²) in [6.45, 7) is 6.78. The molecule has 1 fully saturated rings. The molecule has 1 aliphatic rings. The average Bonchev–Trinajstić information content (AvgIpc) is 2.85. The molecule has 16 heavy (non-hydrogen) atoms. The predicted molar refractivity (Wildman–Crippen MR) is 64.2 cm³/mol. The van der Waals surface area contributed by atoms with Crippen molar-refractivity contribution in [2.45, 2.75) is 51.6 Å². The van der Waals surface area contributed by atoms with Crippen molar-refractivity contribution >= 4 is 0 Å². The van der Waals surface area contributed by atoms with Crippen LogP contribution in [0.3, 0.4) is 0 Å². The first kappa shape index (κ1) is 11.6. The lowest BCUT2D eigenvalue weighted by molar-refractivity contribution is 0.118. The molecule has 0 bridgehead atoms. The summed E-state index contributed by atoms with van der Waals surface area (Å²) in [4.78, 5) is 2.57. The molecule has 0 aliphatic heterocycles. The first-order chi connectivity index (χ1) is 7.86.